The molecule has 0 bridgehead atoms. The Hall–Kier alpha value is -2.54. The van der Waals surface area contributed by atoms with Crippen molar-refractivity contribution in [3.05, 3.63) is 46.7 Å². The summed E-state index contributed by atoms with van der Waals surface area (Å²) in [4.78, 5) is 9.04. The first kappa shape index (κ1) is 20.8. The topological polar surface area (TPSA) is 80.9 Å². The van der Waals surface area contributed by atoms with Crippen molar-refractivity contribution < 1.29 is 13.9 Å². The van der Waals surface area contributed by atoms with Crippen molar-refractivity contribution in [1.82, 2.24) is 15.6 Å². The summed E-state index contributed by atoms with van der Waals surface area (Å²) in [6.45, 7) is 10.7. The van der Waals surface area contributed by atoms with Crippen molar-refractivity contribution in [2.75, 3.05) is 26.9 Å². The van der Waals surface area contributed by atoms with E-state index in [-0.39, 0.29) is 0 Å². The number of nitrogens with zero attached hydrogens (tertiary/aromatic N) is 2. The lowest BCUT2D eigenvalue weighted by atomic mass is 10.1. The molecule has 27 heavy (non-hydrogen) atoms. The van der Waals surface area contributed by atoms with Gasteiger partial charge >= 0.3 is 0 Å². The Morgan fingerprint density at radius 2 is 2.00 bits per heavy atom. The summed E-state index contributed by atoms with van der Waals surface area (Å²) >= 11 is 0. The molecular weight excluding hydrogens is 344 g/mol. The van der Waals surface area contributed by atoms with Crippen molar-refractivity contribution in [1.29, 1.82) is 0 Å². The highest BCUT2D eigenvalue weighted by Gasteiger charge is 2.08. The first-order chi connectivity index (χ1) is 13.0. The maximum atomic E-state index is 5.84. The first-order valence-electron chi connectivity index (χ1n) is 9.19. The molecule has 7 nitrogen and oxygen atoms in total. The molecule has 0 aliphatic heterocycles. The molecule has 0 aliphatic rings. The molecule has 2 aromatic rings. The van der Waals surface area contributed by atoms with Crippen LogP contribution >= 0.6 is 0 Å². The molecule has 148 valence electrons. The van der Waals surface area contributed by atoms with Crippen molar-refractivity contribution in [3.63, 3.8) is 0 Å². The van der Waals surface area contributed by atoms with E-state index in [1.54, 1.807) is 7.11 Å². The number of rotatable bonds is 9. The van der Waals surface area contributed by atoms with E-state index in [0.29, 0.717) is 38.2 Å². The van der Waals surface area contributed by atoms with Crippen LogP contribution in [0.5, 0.6) is 5.75 Å². The number of hydrogen-bond acceptors (Lipinski definition) is 5. The number of oxazole rings is 1. The highest BCUT2D eigenvalue weighted by molar-refractivity contribution is 5.79. The molecule has 1 heterocycles. The average Bonchev–Trinajstić information content (AvgIpc) is 2.96. The zero-order chi connectivity index (χ0) is 19.6. The van der Waals surface area contributed by atoms with Gasteiger partial charge in [-0.05, 0) is 39.3 Å². The normalized spacial score (nSPS) is 11.5. The number of ether oxygens (including phenoxy) is 2. The SMILES string of the molecule is CCNC(=NCc1ccc(C)cc1OCCOC)NCc1nc(C)c(C)o1. The minimum Gasteiger partial charge on any atom is -0.491 e. The van der Waals surface area contributed by atoms with Crippen LogP contribution in [-0.2, 0) is 17.8 Å². The molecule has 0 atom stereocenters. The maximum absolute atomic E-state index is 5.84. The van der Waals surface area contributed by atoms with Crippen molar-refractivity contribution in [2.24, 2.45) is 4.99 Å². The molecule has 2 rings (SSSR count). The van der Waals surface area contributed by atoms with Crippen LogP contribution in [0.25, 0.3) is 0 Å². The van der Waals surface area contributed by atoms with E-state index in [1.807, 2.05) is 39.8 Å². The summed E-state index contributed by atoms with van der Waals surface area (Å²) in [5.74, 6) is 3.03. The van der Waals surface area contributed by atoms with E-state index in [2.05, 4.69) is 26.7 Å². The second-order valence-electron chi connectivity index (χ2n) is 6.25. The first-order valence-corrected chi connectivity index (χ1v) is 9.19. The third-order valence-electron chi connectivity index (χ3n) is 4.00. The monoisotopic (exact) mass is 374 g/mol. The van der Waals surface area contributed by atoms with Gasteiger partial charge in [-0.1, -0.05) is 12.1 Å². The number of aromatic nitrogens is 1. The molecule has 1 aromatic carbocycles. The maximum Gasteiger partial charge on any atom is 0.214 e. The van der Waals surface area contributed by atoms with Gasteiger partial charge in [0.05, 0.1) is 25.4 Å². The summed E-state index contributed by atoms with van der Waals surface area (Å²) in [5, 5.41) is 6.49. The number of hydrogen-bond donors (Lipinski definition) is 2. The Morgan fingerprint density at radius 1 is 1.19 bits per heavy atom. The van der Waals surface area contributed by atoms with Crippen LogP contribution in [0.3, 0.4) is 0 Å². The summed E-state index contributed by atoms with van der Waals surface area (Å²) in [7, 11) is 1.66. The van der Waals surface area contributed by atoms with Crippen molar-refractivity contribution in [3.8, 4) is 5.75 Å². The second kappa shape index (κ2) is 10.6. The zero-order valence-electron chi connectivity index (χ0n) is 16.9. The average molecular weight is 374 g/mol. The standard InChI is InChI=1S/C20H30N4O3/c1-6-21-20(23-13-19-24-15(3)16(4)27-19)22-12-17-8-7-14(2)11-18(17)26-10-9-25-5/h7-8,11H,6,9-10,12-13H2,1-5H3,(H2,21,22,23). The van der Waals surface area contributed by atoms with Crippen LogP contribution < -0.4 is 15.4 Å². The fraction of sp³-hybridized carbons (Fsp3) is 0.500. The number of nitrogens with one attached hydrogen (secondary N) is 2. The molecule has 2 N–H and O–H groups in total. The second-order valence-corrected chi connectivity index (χ2v) is 6.25. The minimum atomic E-state index is 0.478. The number of methoxy groups -OCH3 is 1. The van der Waals surface area contributed by atoms with Crippen LogP contribution in [0.2, 0.25) is 0 Å². The van der Waals surface area contributed by atoms with Crippen molar-refractivity contribution in [2.45, 2.75) is 40.8 Å². The van der Waals surface area contributed by atoms with Gasteiger partial charge in [-0.3, -0.25) is 0 Å². The van der Waals surface area contributed by atoms with E-state index < -0.39 is 0 Å². The third kappa shape index (κ3) is 6.60. The molecule has 0 unspecified atom stereocenters. The van der Waals surface area contributed by atoms with Gasteiger partial charge in [-0.2, -0.15) is 0 Å². The molecule has 0 radical (unpaired) electrons. The lowest BCUT2D eigenvalue weighted by Crippen LogP contribution is -2.36. The summed E-state index contributed by atoms with van der Waals surface area (Å²) in [5.41, 5.74) is 3.08. The fourth-order valence-electron chi connectivity index (χ4n) is 2.44. The Morgan fingerprint density at radius 3 is 2.67 bits per heavy atom. The Kier molecular flexibility index (Phi) is 8.13. The van der Waals surface area contributed by atoms with Crippen LogP contribution in [0, 0.1) is 20.8 Å². The molecule has 0 fully saturated rings. The number of benzene rings is 1. The predicted molar refractivity (Wildman–Crippen MR) is 106 cm³/mol. The molecule has 7 heteroatoms. The van der Waals surface area contributed by atoms with Crippen LogP contribution in [0.4, 0.5) is 0 Å². The van der Waals surface area contributed by atoms with Gasteiger partial charge in [-0.25, -0.2) is 9.98 Å². The largest absolute Gasteiger partial charge is 0.491 e. The van der Waals surface area contributed by atoms with E-state index in [4.69, 9.17) is 13.9 Å². The molecule has 0 amide bonds. The van der Waals surface area contributed by atoms with E-state index in [0.717, 1.165) is 34.9 Å². The molecule has 0 saturated heterocycles. The van der Waals surface area contributed by atoms with Gasteiger partial charge in [0.2, 0.25) is 5.89 Å². The van der Waals surface area contributed by atoms with Gasteiger partial charge in [-0.15, -0.1) is 0 Å². The molecule has 0 aliphatic carbocycles. The predicted octanol–water partition coefficient (Wildman–Crippen LogP) is 2.88. The summed E-state index contributed by atoms with van der Waals surface area (Å²) < 4.78 is 16.5. The van der Waals surface area contributed by atoms with Gasteiger partial charge < -0.3 is 24.5 Å². The minimum absolute atomic E-state index is 0.478. The number of aliphatic imine (C=N–C) groups is 1. The number of aryl methyl sites for hydroxylation is 3. The highest BCUT2D eigenvalue weighted by Crippen LogP contribution is 2.21. The number of guanidine groups is 1. The highest BCUT2D eigenvalue weighted by atomic mass is 16.5. The summed E-state index contributed by atoms with van der Waals surface area (Å²) in [6.07, 6.45) is 0. The van der Waals surface area contributed by atoms with Gasteiger partial charge in [0, 0.05) is 19.2 Å². The third-order valence-corrected chi connectivity index (χ3v) is 4.00. The Labute approximate surface area is 161 Å². The Bertz CT molecular complexity index is 736. The fourth-order valence-corrected chi connectivity index (χ4v) is 2.44. The zero-order valence-corrected chi connectivity index (χ0v) is 16.9. The molecule has 0 saturated carbocycles. The quantitative estimate of drug-likeness (QED) is 0.399. The van der Waals surface area contributed by atoms with Gasteiger partial charge in [0.1, 0.15) is 18.1 Å². The van der Waals surface area contributed by atoms with Crippen LogP contribution in [-0.4, -0.2) is 37.8 Å². The molecule has 0 spiro atoms. The van der Waals surface area contributed by atoms with Crippen LogP contribution in [0.1, 0.15) is 35.4 Å². The summed E-state index contributed by atoms with van der Waals surface area (Å²) in [6, 6.07) is 6.14. The van der Waals surface area contributed by atoms with E-state index in [1.165, 1.54) is 0 Å². The lowest BCUT2D eigenvalue weighted by Gasteiger charge is -2.13. The Balaban J connectivity index is 2.04. The van der Waals surface area contributed by atoms with Gasteiger partial charge in [0.25, 0.3) is 0 Å². The lowest BCUT2D eigenvalue weighted by molar-refractivity contribution is 0.145. The smallest absolute Gasteiger partial charge is 0.214 e. The molecular formula is C20H30N4O3. The van der Waals surface area contributed by atoms with Crippen molar-refractivity contribution >= 4 is 5.96 Å². The molecule has 1 aromatic heterocycles. The van der Waals surface area contributed by atoms with Crippen LogP contribution in [0.15, 0.2) is 27.6 Å². The van der Waals surface area contributed by atoms with E-state index >= 15 is 0 Å². The van der Waals surface area contributed by atoms with Gasteiger partial charge in [0.15, 0.2) is 5.96 Å². The van der Waals surface area contributed by atoms with E-state index in [9.17, 15) is 0 Å².